The summed E-state index contributed by atoms with van der Waals surface area (Å²) >= 11 is 11.5. The molecule has 84 valence electrons. The lowest BCUT2D eigenvalue weighted by molar-refractivity contribution is 0.0196. The van der Waals surface area contributed by atoms with Crippen LogP contribution in [0.15, 0.2) is 18.2 Å². The normalized spacial score (nSPS) is 14.7. The minimum atomic E-state index is -1.04. The molecule has 0 aliphatic carbocycles. The Morgan fingerprint density at radius 2 is 2.07 bits per heavy atom. The summed E-state index contributed by atoms with van der Waals surface area (Å²) in [7, 11) is 0. The van der Waals surface area contributed by atoms with Crippen LogP contribution in [0.2, 0.25) is 10.0 Å². The first-order valence-corrected chi connectivity index (χ1v) is 5.20. The molecule has 0 radical (unpaired) electrons. The van der Waals surface area contributed by atoms with Gasteiger partial charge in [0.05, 0.1) is 10.0 Å². The monoisotopic (exact) mass is 249 g/mol. The molecule has 3 nitrogen and oxygen atoms in total. The lowest BCUT2D eigenvalue weighted by Gasteiger charge is -2.21. The SMILES string of the molecule is CC(O)(CN)COc1ccc(Cl)c(Cl)c1. The van der Waals surface area contributed by atoms with Gasteiger partial charge in [0.25, 0.3) is 0 Å². The summed E-state index contributed by atoms with van der Waals surface area (Å²) in [5.74, 6) is 0.554. The van der Waals surface area contributed by atoms with Gasteiger partial charge in [-0.25, -0.2) is 0 Å². The molecule has 0 aliphatic rings. The Kier molecular flexibility index (Phi) is 4.22. The molecule has 1 aromatic carbocycles. The van der Waals surface area contributed by atoms with E-state index in [0.29, 0.717) is 15.8 Å². The summed E-state index contributed by atoms with van der Waals surface area (Å²) in [6, 6.07) is 4.91. The first-order chi connectivity index (χ1) is 6.94. The fourth-order valence-corrected chi connectivity index (χ4v) is 1.15. The van der Waals surface area contributed by atoms with Gasteiger partial charge in [-0.15, -0.1) is 0 Å². The Balaban J connectivity index is 2.62. The molecule has 0 heterocycles. The molecular weight excluding hydrogens is 237 g/mol. The average Bonchev–Trinajstić information content (AvgIpc) is 2.20. The number of nitrogens with two attached hydrogens (primary N) is 1. The largest absolute Gasteiger partial charge is 0.490 e. The first kappa shape index (κ1) is 12.6. The van der Waals surface area contributed by atoms with Crippen LogP contribution in [0.4, 0.5) is 0 Å². The van der Waals surface area contributed by atoms with Crippen LogP contribution in [0.5, 0.6) is 5.75 Å². The lowest BCUT2D eigenvalue weighted by Crippen LogP contribution is -2.40. The third kappa shape index (κ3) is 3.87. The quantitative estimate of drug-likeness (QED) is 0.860. The number of hydrogen-bond donors (Lipinski definition) is 2. The minimum Gasteiger partial charge on any atom is -0.490 e. The van der Waals surface area contributed by atoms with Crippen molar-refractivity contribution in [1.29, 1.82) is 0 Å². The molecule has 5 heteroatoms. The van der Waals surface area contributed by atoms with Crippen molar-refractivity contribution in [2.75, 3.05) is 13.2 Å². The molecule has 0 aromatic heterocycles. The minimum absolute atomic E-state index is 0.113. The van der Waals surface area contributed by atoms with Gasteiger partial charge < -0.3 is 15.6 Å². The first-order valence-electron chi connectivity index (χ1n) is 4.45. The highest BCUT2D eigenvalue weighted by molar-refractivity contribution is 6.42. The van der Waals surface area contributed by atoms with Crippen molar-refractivity contribution in [3.63, 3.8) is 0 Å². The highest BCUT2D eigenvalue weighted by Gasteiger charge is 2.18. The number of ether oxygens (including phenoxy) is 1. The maximum absolute atomic E-state index is 9.60. The molecule has 0 aliphatic heterocycles. The van der Waals surface area contributed by atoms with Crippen molar-refractivity contribution in [1.82, 2.24) is 0 Å². The van der Waals surface area contributed by atoms with Gasteiger partial charge in [-0.3, -0.25) is 0 Å². The predicted octanol–water partition coefficient (Wildman–Crippen LogP) is 2.08. The maximum atomic E-state index is 9.60. The molecule has 0 saturated heterocycles. The van der Waals surface area contributed by atoms with E-state index in [0.717, 1.165) is 0 Å². The Morgan fingerprint density at radius 3 is 2.60 bits per heavy atom. The van der Waals surface area contributed by atoms with Crippen LogP contribution in [0, 0.1) is 0 Å². The molecule has 1 atom stereocenters. The number of hydrogen-bond acceptors (Lipinski definition) is 3. The van der Waals surface area contributed by atoms with Gasteiger partial charge in [0, 0.05) is 12.6 Å². The van der Waals surface area contributed by atoms with Crippen molar-refractivity contribution < 1.29 is 9.84 Å². The van der Waals surface area contributed by atoms with E-state index in [1.54, 1.807) is 25.1 Å². The summed E-state index contributed by atoms with van der Waals surface area (Å²) in [6.07, 6.45) is 0. The molecule has 1 rings (SSSR count). The van der Waals surface area contributed by atoms with Gasteiger partial charge in [-0.05, 0) is 19.1 Å². The maximum Gasteiger partial charge on any atom is 0.121 e. The number of benzene rings is 1. The van der Waals surface area contributed by atoms with Crippen molar-refractivity contribution in [2.45, 2.75) is 12.5 Å². The highest BCUT2D eigenvalue weighted by Crippen LogP contribution is 2.26. The fourth-order valence-electron chi connectivity index (χ4n) is 0.864. The van der Waals surface area contributed by atoms with Gasteiger partial charge in [-0.2, -0.15) is 0 Å². The molecule has 0 bridgehead atoms. The van der Waals surface area contributed by atoms with Crippen LogP contribution in [-0.2, 0) is 0 Å². The zero-order valence-corrected chi connectivity index (χ0v) is 9.85. The topological polar surface area (TPSA) is 55.5 Å². The number of aliphatic hydroxyl groups is 1. The van der Waals surface area contributed by atoms with Gasteiger partial charge in [0.15, 0.2) is 0 Å². The second kappa shape index (κ2) is 5.03. The summed E-state index contributed by atoms with van der Waals surface area (Å²) in [5.41, 5.74) is 4.31. The number of halogens is 2. The van der Waals surface area contributed by atoms with E-state index < -0.39 is 5.60 Å². The predicted molar refractivity (Wildman–Crippen MR) is 61.6 cm³/mol. The summed E-state index contributed by atoms with van der Waals surface area (Å²) < 4.78 is 5.32. The smallest absolute Gasteiger partial charge is 0.121 e. The third-order valence-corrected chi connectivity index (χ3v) is 2.62. The van der Waals surface area contributed by atoms with Crippen LogP contribution in [0.25, 0.3) is 0 Å². The molecule has 1 unspecified atom stereocenters. The number of rotatable bonds is 4. The van der Waals surface area contributed by atoms with E-state index in [9.17, 15) is 5.11 Å². The van der Waals surface area contributed by atoms with Crippen molar-refractivity contribution >= 4 is 23.2 Å². The van der Waals surface area contributed by atoms with Gasteiger partial charge >= 0.3 is 0 Å². The molecule has 0 amide bonds. The molecular formula is C10H13Cl2NO2. The molecule has 1 aromatic rings. The summed E-state index contributed by atoms with van der Waals surface area (Å²) in [6.45, 7) is 1.85. The van der Waals surface area contributed by atoms with E-state index in [4.69, 9.17) is 33.7 Å². The van der Waals surface area contributed by atoms with Gasteiger partial charge in [-0.1, -0.05) is 23.2 Å². The Hall–Kier alpha value is -0.480. The van der Waals surface area contributed by atoms with E-state index in [2.05, 4.69) is 0 Å². The Morgan fingerprint density at radius 1 is 1.40 bits per heavy atom. The van der Waals surface area contributed by atoms with E-state index in [1.165, 1.54) is 0 Å². The van der Waals surface area contributed by atoms with Crippen LogP contribution >= 0.6 is 23.2 Å². The van der Waals surface area contributed by atoms with E-state index >= 15 is 0 Å². The van der Waals surface area contributed by atoms with Crippen molar-refractivity contribution in [3.8, 4) is 5.75 Å². The molecule has 0 fully saturated rings. The van der Waals surface area contributed by atoms with Gasteiger partial charge in [0.1, 0.15) is 18.0 Å². The standard InChI is InChI=1S/C10H13Cl2NO2/c1-10(14,5-13)6-15-7-2-3-8(11)9(12)4-7/h2-4,14H,5-6,13H2,1H3. The molecule has 15 heavy (non-hydrogen) atoms. The molecule has 3 N–H and O–H groups in total. The molecule has 0 spiro atoms. The van der Waals surface area contributed by atoms with Crippen LogP contribution in [0.1, 0.15) is 6.92 Å². The average molecular weight is 250 g/mol. The highest BCUT2D eigenvalue weighted by atomic mass is 35.5. The van der Waals surface area contributed by atoms with Crippen molar-refractivity contribution in [2.24, 2.45) is 5.73 Å². The van der Waals surface area contributed by atoms with E-state index in [1.807, 2.05) is 0 Å². The third-order valence-electron chi connectivity index (χ3n) is 1.88. The fraction of sp³-hybridized carbons (Fsp3) is 0.400. The van der Waals surface area contributed by atoms with Crippen LogP contribution in [0.3, 0.4) is 0 Å². The van der Waals surface area contributed by atoms with E-state index in [-0.39, 0.29) is 13.2 Å². The second-order valence-electron chi connectivity index (χ2n) is 3.57. The zero-order valence-electron chi connectivity index (χ0n) is 8.34. The van der Waals surface area contributed by atoms with Gasteiger partial charge in [0.2, 0.25) is 0 Å². The summed E-state index contributed by atoms with van der Waals surface area (Å²) in [4.78, 5) is 0. The summed E-state index contributed by atoms with van der Waals surface area (Å²) in [5, 5.41) is 10.5. The zero-order chi connectivity index (χ0) is 11.5. The van der Waals surface area contributed by atoms with Crippen LogP contribution in [-0.4, -0.2) is 23.9 Å². The Bertz CT molecular complexity index is 342. The Labute approximate surface area is 98.7 Å². The molecule has 0 saturated carbocycles. The lowest BCUT2D eigenvalue weighted by atomic mass is 10.1. The van der Waals surface area contributed by atoms with Crippen LogP contribution < -0.4 is 10.5 Å². The van der Waals surface area contributed by atoms with Crippen molar-refractivity contribution in [3.05, 3.63) is 28.2 Å². The second-order valence-corrected chi connectivity index (χ2v) is 4.38.